The van der Waals surface area contributed by atoms with E-state index >= 15 is 0 Å². The van der Waals surface area contributed by atoms with Crippen LogP contribution in [0.25, 0.3) is 0 Å². The van der Waals surface area contributed by atoms with Gasteiger partial charge in [0.25, 0.3) is 5.91 Å². The van der Waals surface area contributed by atoms with Crippen LogP contribution in [0.1, 0.15) is 79.0 Å². The van der Waals surface area contributed by atoms with Crippen LogP contribution in [-0.2, 0) is 41.2 Å². The van der Waals surface area contributed by atoms with Gasteiger partial charge in [-0.2, -0.15) is 0 Å². The molecule has 1 atom stereocenters. The number of pyridine rings is 1. The highest BCUT2D eigenvalue weighted by atomic mass is 32.2. The first-order chi connectivity index (χ1) is 15.0. The first kappa shape index (κ1) is 21.3. The maximum Gasteiger partial charge on any atom is 0.353 e. The number of hydrogen-bond acceptors (Lipinski definition) is 4. The van der Waals surface area contributed by atoms with Crippen molar-refractivity contribution in [3.63, 3.8) is 0 Å². The van der Waals surface area contributed by atoms with Crippen molar-refractivity contribution < 1.29 is 14.7 Å². The first-order valence-electron chi connectivity index (χ1n) is 11.0. The van der Waals surface area contributed by atoms with Crippen LogP contribution < -0.4 is 10.0 Å². The van der Waals surface area contributed by atoms with Gasteiger partial charge in [0.05, 0.1) is 27.4 Å². The summed E-state index contributed by atoms with van der Waals surface area (Å²) >= 11 is 0. The largest absolute Gasteiger partial charge is 0.386 e. The van der Waals surface area contributed by atoms with Crippen LogP contribution in [0.3, 0.4) is 0 Å². The SMILES string of the molecule is CC(C)(O)c1ccc2c(c1)/S(=N/C(=O)Nc1c3c(nc4c1CCC4(C)C)CCC3)NC2=O. The van der Waals surface area contributed by atoms with Gasteiger partial charge in [-0.15, -0.1) is 4.36 Å². The zero-order chi connectivity index (χ0) is 22.8. The summed E-state index contributed by atoms with van der Waals surface area (Å²) in [6.07, 6.45) is 4.78. The number of aliphatic hydroxyl groups is 1. The van der Waals surface area contributed by atoms with Crippen molar-refractivity contribution in [3.05, 3.63) is 51.8 Å². The van der Waals surface area contributed by atoms with Crippen molar-refractivity contribution in [1.29, 1.82) is 0 Å². The third kappa shape index (κ3) is 3.46. The molecular formula is C24H28N4O3S. The van der Waals surface area contributed by atoms with Crippen LogP contribution in [-0.4, -0.2) is 22.0 Å². The fourth-order valence-electron chi connectivity index (χ4n) is 4.87. The summed E-state index contributed by atoms with van der Waals surface area (Å²) in [7, 11) is -1.11. The first-order valence-corrected chi connectivity index (χ1v) is 12.2. The van der Waals surface area contributed by atoms with Gasteiger partial charge in [0.15, 0.2) is 0 Å². The van der Waals surface area contributed by atoms with E-state index < -0.39 is 22.5 Å². The standard InChI is InChI=1S/C24H28N4O3S/c1-23(2)11-10-16-19(14-6-5-7-17(14)25-20(16)23)26-22(30)28-32-18-12-13(24(3,4)31)8-9-15(18)21(29)27-32/h8-9,12,31H,5-7,10-11H2,1-4H3,(H2,25,26,27,28,29,30). The third-order valence-electron chi connectivity index (χ3n) is 6.70. The van der Waals surface area contributed by atoms with Crippen molar-refractivity contribution in [2.75, 3.05) is 5.32 Å². The number of anilines is 1. The Morgan fingerprint density at radius 3 is 2.78 bits per heavy atom. The molecule has 7 nitrogen and oxygen atoms in total. The van der Waals surface area contributed by atoms with Crippen molar-refractivity contribution in [2.24, 2.45) is 4.36 Å². The second-order valence-electron chi connectivity index (χ2n) is 9.98. The quantitative estimate of drug-likeness (QED) is 0.639. The lowest BCUT2D eigenvalue weighted by Gasteiger charge is -2.20. The summed E-state index contributed by atoms with van der Waals surface area (Å²) in [5.74, 6) is -0.255. The lowest BCUT2D eigenvalue weighted by Crippen LogP contribution is -2.20. The van der Waals surface area contributed by atoms with Gasteiger partial charge in [-0.25, -0.2) is 4.79 Å². The van der Waals surface area contributed by atoms with E-state index in [-0.39, 0.29) is 11.3 Å². The zero-order valence-corrected chi connectivity index (χ0v) is 19.7. The van der Waals surface area contributed by atoms with Gasteiger partial charge in [-0.05, 0) is 74.8 Å². The monoisotopic (exact) mass is 452 g/mol. The van der Waals surface area contributed by atoms with Crippen LogP contribution in [0.4, 0.5) is 10.5 Å². The Kier molecular flexibility index (Phi) is 4.80. The lowest BCUT2D eigenvalue weighted by atomic mass is 9.90. The second kappa shape index (κ2) is 7.22. The lowest BCUT2D eigenvalue weighted by molar-refractivity contribution is 0.0782. The summed E-state index contributed by atoms with van der Waals surface area (Å²) in [4.78, 5) is 31.0. The molecule has 1 unspecified atom stereocenters. The van der Waals surface area contributed by atoms with Crippen LogP contribution in [0.15, 0.2) is 27.5 Å². The molecule has 0 fully saturated rings. The predicted octanol–water partition coefficient (Wildman–Crippen LogP) is 4.07. The number of urea groups is 1. The highest BCUT2D eigenvalue weighted by Crippen LogP contribution is 2.44. The molecule has 3 N–H and O–H groups in total. The Bertz CT molecular complexity index is 1210. The number of carbonyl (C=O) groups excluding carboxylic acids is 2. The molecule has 5 rings (SSSR count). The number of carbonyl (C=O) groups is 2. The summed E-state index contributed by atoms with van der Waals surface area (Å²) in [6.45, 7) is 7.78. The highest BCUT2D eigenvalue weighted by Gasteiger charge is 2.36. The topological polar surface area (TPSA) is 104 Å². The van der Waals surface area contributed by atoms with Gasteiger partial charge >= 0.3 is 6.03 Å². The fraction of sp³-hybridized carbons (Fsp3) is 0.458. The van der Waals surface area contributed by atoms with E-state index in [4.69, 9.17) is 4.98 Å². The number of nitrogens with zero attached hydrogens (tertiary/aromatic N) is 2. The molecule has 0 saturated heterocycles. The number of fused-ring (bicyclic) bond motifs is 3. The van der Waals surface area contributed by atoms with E-state index in [0.29, 0.717) is 16.0 Å². The van der Waals surface area contributed by atoms with Gasteiger partial charge in [-0.3, -0.25) is 14.5 Å². The molecule has 1 aromatic heterocycles. The van der Waals surface area contributed by atoms with Gasteiger partial charge in [0.1, 0.15) is 0 Å². The fourth-order valence-corrected chi connectivity index (χ4v) is 6.22. The normalized spacial score (nSPS) is 20.7. The molecule has 3 aliphatic rings. The van der Waals surface area contributed by atoms with Gasteiger partial charge < -0.3 is 10.4 Å². The molecule has 2 aromatic rings. The number of hydrogen-bond donors (Lipinski definition) is 3. The molecule has 2 heterocycles. The number of rotatable bonds is 2. The van der Waals surface area contributed by atoms with Crippen molar-refractivity contribution in [1.82, 2.24) is 9.71 Å². The van der Waals surface area contributed by atoms with Crippen LogP contribution >= 0.6 is 0 Å². The number of amides is 3. The molecule has 0 saturated carbocycles. The minimum absolute atomic E-state index is 0.00279. The molecule has 1 aliphatic heterocycles. The molecular weight excluding hydrogens is 424 g/mol. The van der Waals surface area contributed by atoms with Crippen molar-refractivity contribution in [2.45, 2.75) is 75.7 Å². The smallest absolute Gasteiger partial charge is 0.353 e. The maximum absolute atomic E-state index is 13.0. The van der Waals surface area contributed by atoms with E-state index in [9.17, 15) is 14.7 Å². The summed E-state index contributed by atoms with van der Waals surface area (Å²) < 4.78 is 7.12. The van der Waals surface area contributed by atoms with Crippen molar-refractivity contribution >= 4 is 28.5 Å². The van der Waals surface area contributed by atoms with E-state index in [1.54, 1.807) is 32.0 Å². The van der Waals surface area contributed by atoms with Crippen LogP contribution in [0, 0.1) is 0 Å². The average molecular weight is 453 g/mol. The summed E-state index contributed by atoms with van der Waals surface area (Å²) in [5, 5.41) is 13.4. The summed E-state index contributed by atoms with van der Waals surface area (Å²) in [5.41, 5.74) is 5.42. The number of nitrogens with one attached hydrogen (secondary N) is 2. The predicted molar refractivity (Wildman–Crippen MR) is 124 cm³/mol. The molecule has 32 heavy (non-hydrogen) atoms. The number of aromatic nitrogens is 1. The Balaban J connectivity index is 1.51. The Morgan fingerprint density at radius 1 is 1.25 bits per heavy atom. The van der Waals surface area contributed by atoms with Crippen molar-refractivity contribution in [3.8, 4) is 0 Å². The molecule has 8 heteroatoms. The van der Waals surface area contributed by atoms with Crippen LogP contribution in [0.5, 0.6) is 0 Å². The van der Waals surface area contributed by atoms with E-state index in [1.807, 2.05) is 0 Å². The van der Waals surface area contributed by atoms with E-state index in [2.05, 4.69) is 28.2 Å². The Hall–Kier alpha value is -2.58. The van der Waals surface area contributed by atoms with Gasteiger partial charge in [0, 0.05) is 22.0 Å². The molecule has 168 valence electrons. The average Bonchev–Trinajstić information content (AvgIpc) is 3.38. The van der Waals surface area contributed by atoms with Gasteiger partial charge in [0.2, 0.25) is 0 Å². The number of aryl methyl sites for hydroxylation is 1. The third-order valence-corrected chi connectivity index (χ3v) is 8.18. The van der Waals surface area contributed by atoms with E-state index in [1.165, 1.54) is 0 Å². The van der Waals surface area contributed by atoms with Crippen LogP contribution in [0.2, 0.25) is 0 Å². The summed E-state index contributed by atoms with van der Waals surface area (Å²) in [6, 6.07) is 4.71. The molecule has 0 radical (unpaired) electrons. The van der Waals surface area contributed by atoms with E-state index in [0.717, 1.165) is 60.3 Å². The highest BCUT2D eigenvalue weighted by molar-refractivity contribution is 7.87. The molecule has 2 aliphatic carbocycles. The Morgan fingerprint density at radius 2 is 2.03 bits per heavy atom. The Labute approximate surface area is 190 Å². The molecule has 0 spiro atoms. The maximum atomic E-state index is 13.0. The minimum atomic E-state index is -1.11. The number of benzene rings is 1. The minimum Gasteiger partial charge on any atom is -0.386 e. The zero-order valence-electron chi connectivity index (χ0n) is 18.8. The molecule has 3 amide bonds. The van der Waals surface area contributed by atoms with Gasteiger partial charge in [-0.1, -0.05) is 19.9 Å². The molecule has 1 aromatic carbocycles. The second-order valence-corrected chi connectivity index (χ2v) is 11.4. The molecule has 0 bridgehead atoms.